The maximum Gasteiger partial charge on any atom is 0.185 e. The number of anilines is 1. The molecule has 0 unspecified atom stereocenters. The van der Waals surface area contributed by atoms with Crippen molar-refractivity contribution in [3.63, 3.8) is 0 Å². The largest absolute Gasteiger partial charge is 0.378 e. The number of rotatable bonds is 2. The van der Waals surface area contributed by atoms with Crippen molar-refractivity contribution in [1.29, 1.82) is 0 Å². The van der Waals surface area contributed by atoms with Gasteiger partial charge in [-0.1, -0.05) is 6.92 Å². The molecule has 2 heterocycles. The highest BCUT2D eigenvalue weighted by Gasteiger charge is 2.13. The standard InChI is InChI=1S/C9H14N2OS/c1-2-8-7-13-9(10-8)11-3-5-12-6-4-11/h7H,2-6H2,1H3. The van der Waals surface area contributed by atoms with E-state index in [2.05, 4.69) is 22.2 Å². The maximum atomic E-state index is 5.29. The average Bonchev–Trinajstić information content (AvgIpc) is 2.67. The molecule has 0 amide bonds. The van der Waals surface area contributed by atoms with Crippen LogP contribution in [-0.2, 0) is 11.2 Å². The number of aryl methyl sites for hydroxylation is 1. The van der Waals surface area contributed by atoms with Crippen molar-refractivity contribution in [1.82, 2.24) is 4.98 Å². The van der Waals surface area contributed by atoms with Crippen molar-refractivity contribution in [3.05, 3.63) is 11.1 Å². The van der Waals surface area contributed by atoms with E-state index in [0.717, 1.165) is 37.9 Å². The summed E-state index contributed by atoms with van der Waals surface area (Å²) in [4.78, 5) is 6.84. The van der Waals surface area contributed by atoms with Gasteiger partial charge < -0.3 is 9.64 Å². The molecule has 1 aliphatic rings. The van der Waals surface area contributed by atoms with Crippen LogP contribution in [0.3, 0.4) is 0 Å². The third-order valence-electron chi connectivity index (χ3n) is 2.18. The summed E-state index contributed by atoms with van der Waals surface area (Å²) in [5.41, 5.74) is 1.20. The van der Waals surface area contributed by atoms with E-state index in [0.29, 0.717) is 0 Å². The molecule has 0 bridgehead atoms. The number of ether oxygens (including phenoxy) is 1. The molecule has 0 saturated carbocycles. The summed E-state index contributed by atoms with van der Waals surface area (Å²) in [5, 5.41) is 3.30. The summed E-state index contributed by atoms with van der Waals surface area (Å²) in [6.45, 7) is 5.77. The summed E-state index contributed by atoms with van der Waals surface area (Å²) in [7, 11) is 0. The molecule has 0 aliphatic carbocycles. The zero-order chi connectivity index (χ0) is 9.10. The lowest BCUT2D eigenvalue weighted by atomic mass is 10.4. The van der Waals surface area contributed by atoms with Crippen molar-refractivity contribution >= 4 is 16.5 Å². The zero-order valence-electron chi connectivity index (χ0n) is 7.82. The molecule has 2 rings (SSSR count). The van der Waals surface area contributed by atoms with Gasteiger partial charge in [0.25, 0.3) is 0 Å². The minimum Gasteiger partial charge on any atom is -0.378 e. The van der Waals surface area contributed by atoms with Crippen LogP contribution in [0.1, 0.15) is 12.6 Å². The lowest BCUT2D eigenvalue weighted by Gasteiger charge is -2.25. The first-order valence-electron chi connectivity index (χ1n) is 4.67. The molecular formula is C9H14N2OS. The van der Waals surface area contributed by atoms with Gasteiger partial charge in [0.2, 0.25) is 0 Å². The molecule has 0 atom stereocenters. The number of aromatic nitrogens is 1. The molecular weight excluding hydrogens is 184 g/mol. The predicted molar refractivity (Wildman–Crippen MR) is 54.5 cm³/mol. The fourth-order valence-corrected chi connectivity index (χ4v) is 2.32. The first-order valence-corrected chi connectivity index (χ1v) is 5.55. The minimum absolute atomic E-state index is 0.834. The number of morpholine rings is 1. The van der Waals surface area contributed by atoms with Gasteiger partial charge in [0, 0.05) is 18.5 Å². The van der Waals surface area contributed by atoms with Crippen molar-refractivity contribution in [3.8, 4) is 0 Å². The molecule has 72 valence electrons. The minimum atomic E-state index is 0.834. The average molecular weight is 198 g/mol. The molecule has 0 spiro atoms. The summed E-state index contributed by atoms with van der Waals surface area (Å²) in [6, 6.07) is 0. The molecule has 1 saturated heterocycles. The van der Waals surface area contributed by atoms with E-state index < -0.39 is 0 Å². The number of hydrogen-bond donors (Lipinski definition) is 0. The quantitative estimate of drug-likeness (QED) is 0.721. The Kier molecular flexibility index (Phi) is 2.80. The van der Waals surface area contributed by atoms with Crippen LogP contribution < -0.4 is 4.90 Å². The highest BCUT2D eigenvalue weighted by molar-refractivity contribution is 7.13. The molecule has 1 aromatic heterocycles. The lowest BCUT2D eigenvalue weighted by Crippen LogP contribution is -2.36. The van der Waals surface area contributed by atoms with E-state index in [9.17, 15) is 0 Å². The van der Waals surface area contributed by atoms with Gasteiger partial charge in [0.05, 0.1) is 18.9 Å². The van der Waals surface area contributed by atoms with Crippen LogP contribution >= 0.6 is 11.3 Å². The van der Waals surface area contributed by atoms with Crippen LogP contribution in [0.25, 0.3) is 0 Å². The maximum absolute atomic E-state index is 5.29. The predicted octanol–water partition coefficient (Wildman–Crippen LogP) is 1.54. The zero-order valence-corrected chi connectivity index (χ0v) is 8.64. The summed E-state index contributed by atoms with van der Waals surface area (Å²) < 4.78 is 5.29. The van der Waals surface area contributed by atoms with Gasteiger partial charge in [-0.3, -0.25) is 0 Å². The monoisotopic (exact) mass is 198 g/mol. The Morgan fingerprint density at radius 1 is 1.54 bits per heavy atom. The highest BCUT2D eigenvalue weighted by atomic mass is 32.1. The number of hydrogen-bond acceptors (Lipinski definition) is 4. The molecule has 0 aromatic carbocycles. The van der Waals surface area contributed by atoms with Gasteiger partial charge in [-0.2, -0.15) is 0 Å². The first kappa shape index (κ1) is 8.97. The van der Waals surface area contributed by atoms with Crippen LogP contribution in [0, 0.1) is 0 Å². The lowest BCUT2D eigenvalue weighted by molar-refractivity contribution is 0.122. The van der Waals surface area contributed by atoms with Crippen molar-refractivity contribution < 1.29 is 4.74 Å². The Balaban J connectivity index is 2.05. The highest BCUT2D eigenvalue weighted by Crippen LogP contribution is 2.21. The Bertz CT molecular complexity index is 268. The number of thiazole rings is 1. The summed E-state index contributed by atoms with van der Waals surface area (Å²) in [6.07, 6.45) is 1.03. The smallest absolute Gasteiger partial charge is 0.185 e. The topological polar surface area (TPSA) is 25.4 Å². The van der Waals surface area contributed by atoms with Gasteiger partial charge in [-0.15, -0.1) is 11.3 Å². The molecule has 1 aliphatic heterocycles. The third-order valence-corrected chi connectivity index (χ3v) is 3.13. The van der Waals surface area contributed by atoms with Crippen LogP contribution in [0.5, 0.6) is 0 Å². The van der Waals surface area contributed by atoms with E-state index in [-0.39, 0.29) is 0 Å². The molecule has 1 fully saturated rings. The van der Waals surface area contributed by atoms with Gasteiger partial charge >= 0.3 is 0 Å². The Morgan fingerprint density at radius 2 is 2.31 bits per heavy atom. The summed E-state index contributed by atoms with van der Waals surface area (Å²) in [5.74, 6) is 0. The molecule has 4 heteroatoms. The second-order valence-corrected chi connectivity index (χ2v) is 3.91. The van der Waals surface area contributed by atoms with Crippen LogP contribution in [0.4, 0.5) is 5.13 Å². The van der Waals surface area contributed by atoms with Crippen LogP contribution in [0.2, 0.25) is 0 Å². The van der Waals surface area contributed by atoms with Crippen molar-refractivity contribution in [2.45, 2.75) is 13.3 Å². The summed E-state index contributed by atoms with van der Waals surface area (Å²) >= 11 is 1.74. The Hall–Kier alpha value is -0.610. The second kappa shape index (κ2) is 4.07. The van der Waals surface area contributed by atoms with E-state index in [1.807, 2.05) is 0 Å². The van der Waals surface area contributed by atoms with E-state index >= 15 is 0 Å². The molecule has 0 N–H and O–H groups in total. The van der Waals surface area contributed by atoms with E-state index in [1.165, 1.54) is 5.69 Å². The molecule has 0 radical (unpaired) electrons. The van der Waals surface area contributed by atoms with Gasteiger partial charge in [0.15, 0.2) is 5.13 Å². The van der Waals surface area contributed by atoms with Gasteiger partial charge in [0.1, 0.15) is 0 Å². The Labute approximate surface area is 82.3 Å². The van der Waals surface area contributed by atoms with Crippen molar-refractivity contribution in [2.75, 3.05) is 31.2 Å². The molecule has 3 nitrogen and oxygen atoms in total. The fraction of sp³-hybridized carbons (Fsp3) is 0.667. The SMILES string of the molecule is CCc1csc(N2CCOCC2)n1. The molecule has 1 aromatic rings. The second-order valence-electron chi connectivity index (χ2n) is 3.07. The fourth-order valence-electron chi connectivity index (χ4n) is 1.36. The van der Waals surface area contributed by atoms with Gasteiger partial charge in [-0.05, 0) is 6.42 Å². The number of nitrogens with zero attached hydrogens (tertiary/aromatic N) is 2. The van der Waals surface area contributed by atoms with Crippen molar-refractivity contribution in [2.24, 2.45) is 0 Å². The van der Waals surface area contributed by atoms with Crippen LogP contribution in [0.15, 0.2) is 5.38 Å². The normalized spacial score (nSPS) is 17.8. The third kappa shape index (κ3) is 2.00. The van der Waals surface area contributed by atoms with Gasteiger partial charge in [-0.25, -0.2) is 4.98 Å². The van der Waals surface area contributed by atoms with Crippen LogP contribution in [-0.4, -0.2) is 31.3 Å². The Morgan fingerprint density at radius 3 is 2.92 bits per heavy atom. The van der Waals surface area contributed by atoms with E-state index in [1.54, 1.807) is 11.3 Å². The van der Waals surface area contributed by atoms with E-state index in [4.69, 9.17) is 4.74 Å². The molecule has 13 heavy (non-hydrogen) atoms. The first-order chi connectivity index (χ1) is 6.40.